The Hall–Kier alpha value is -3.84. The van der Waals surface area contributed by atoms with Crippen molar-refractivity contribution in [2.45, 2.75) is 33.2 Å². The number of carbonyl (C=O) groups excluding carboxylic acids is 2. The second-order valence-electron chi connectivity index (χ2n) is 8.54. The van der Waals surface area contributed by atoms with Crippen LogP contribution in [0.2, 0.25) is 0 Å². The first-order chi connectivity index (χ1) is 17.4. The minimum Gasteiger partial charge on any atom is -0.484 e. The van der Waals surface area contributed by atoms with Gasteiger partial charge in [0.1, 0.15) is 5.75 Å². The van der Waals surface area contributed by atoms with Crippen molar-refractivity contribution in [2.75, 3.05) is 11.9 Å². The number of rotatable bonds is 8. The number of hydrogen-bond acceptors (Lipinski definition) is 5. The highest BCUT2D eigenvalue weighted by molar-refractivity contribution is 8.18. The third-order valence-corrected chi connectivity index (χ3v) is 6.72. The van der Waals surface area contributed by atoms with Gasteiger partial charge in [-0.25, -0.2) is 4.99 Å². The highest BCUT2D eigenvalue weighted by Gasteiger charge is 2.36. The number of nitrogens with zero attached hydrogens (tertiary/aromatic N) is 2. The number of anilines is 1. The van der Waals surface area contributed by atoms with E-state index in [1.807, 2.05) is 86.7 Å². The van der Waals surface area contributed by atoms with E-state index < -0.39 is 0 Å². The molecule has 36 heavy (non-hydrogen) atoms. The molecule has 1 atom stereocenters. The van der Waals surface area contributed by atoms with Crippen LogP contribution < -0.4 is 10.1 Å². The Morgan fingerprint density at radius 2 is 1.75 bits per heavy atom. The maximum atomic E-state index is 13.2. The molecule has 0 bridgehead atoms. The third kappa shape index (κ3) is 6.43. The number of carbonyl (C=O) groups is 2. The first-order valence-corrected chi connectivity index (χ1v) is 12.7. The van der Waals surface area contributed by atoms with Crippen molar-refractivity contribution in [1.82, 2.24) is 4.90 Å². The predicted octanol–water partition coefficient (Wildman–Crippen LogP) is 6.42. The largest absolute Gasteiger partial charge is 0.484 e. The fourth-order valence-electron chi connectivity index (χ4n) is 3.54. The monoisotopic (exact) mass is 499 g/mol. The molecule has 1 N–H and O–H groups in total. The van der Waals surface area contributed by atoms with Gasteiger partial charge in [-0.15, -0.1) is 0 Å². The number of ether oxygens (including phenoxy) is 1. The summed E-state index contributed by atoms with van der Waals surface area (Å²) in [7, 11) is 0. The molecule has 4 rings (SSSR count). The predicted molar refractivity (Wildman–Crippen MR) is 147 cm³/mol. The third-order valence-electron chi connectivity index (χ3n) is 5.73. The fraction of sp³-hybridized carbons (Fsp3) is 0.207. The van der Waals surface area contributed by atoms with Gasteiger partial charge >= 0.3 is 0 Å². The number of aliphatic imine (C=N–C) groups is 1. The number of benzene rings is 3. The molecule has 184 valence electrons. The van der Waals surface area contributed by atoms with E-state index in [0.717, 1.165) is 28.9 Å². The molecule has 0 saturated carbocycles. The standard InChI is InChI=1S/C29H29N3O3S/c1-4-21(3)32-28(34)26(36-29(32)31-24-14-10-20(2)11-15-24)18-22-12-16-25(17-13-22)35-19-27(33)30-23-8-6-5-7-9-23/h5-18,21H,4,19H2,1-3H3,(H,30,33)/b26-18+,31-29?/t21-/m0/s1. The molecule has 6 nitrogen and oxygen atoms in total. The maximum absolute atomic E-state index is 13.2. The Kier molecular flexibility index (Phi) is 8.23. The zero-order valence-electron chi connectivity index (χ0n) is 20.6. The highest BCUT2D eigenvalue weighted by atomic mass is 32.2. The Labute approximate surface area is 216 Å². The summed E-state index contributed by atoms with van der Waals surface area (Å²) in [4.78, 5) is 32.5. The van der Waals surface area contributed by atoms with Crippen molar-refractivity contribution in [2.24, 2.45) is 4.99 Å². The molecule has 0 radical (unpaired) electrons. The van der Waals surface area contributed by atoms with Crippen molar-refractivity contribution in [3.05, 3.63) is 94.9 Å². The van der Waals surface area contributed by atoms with Crippen molar-refractivity contribution in [3.8, 4) is 5.75 Å². The summed E-state index contributed by atoms with van der Waals surface area (Å²) in [5.74, 6) is 0.303. The van der Waals surface area contributed by atoms with Gasteiger partial charge in [-0.05, 0) is 80.1 Å². The lowest BCUT2D eigenvalue weighted by Gasteiger charge is -2.22. The van der Waals surface area contributed by atoms with Crippen LogP contribution in [0.1, 0.15) is 31.4 Å². The summed E-state index contributed by atoms with van der Waals surface area (Å²) in [6.07, 6.45) is 2.70. The van der Waals surface area contributed by atoms with Crippen LogP contribution in [0.5, 0.6) is 5.75 Å². The SMILES string of the molecule is CC[C@H](C)N1C(=O)/C(=C\c2ccc(OCC(=O)Nc3ccccc3)cc2)SC1=Nc1ccc(C)cc1. The van der Waals surface area contributed by atoms with E-state index in [2.05, 4.69) is 12.2 Å². The Balaban J connectivity index is 1.44. The molecule has 0 aliphatic carbocycles. The van der Waals surface area contributed by atoms with Gasteiger partial charge in [0, 0.05) is 11.7 Å². The zero-order chi connectivity index (χ0) is 25.5. The molecule has 0 unspecified atom stereocenters. The van der Waals surface area contributed by atoms with Crippen LogP contribution in [-0.4, -0.2) is 34.5 Å². The molecule has 1 fully saturated rings. The molecule has 1 aliphatic heterocycles. The molecule has 1 saturated heterocycles. The minimum absolute atomic E-state index is 0.0397. The zero-order valence-corrected chi connectivity index (χ0v) is 21.4. The van der Waals surface area contributed by atoms with Gasteiger partial charge in [0.25, 0.3) is 11.8 Å². The number of thioether (sulfide) groups is 1. The van der Waals surface area contributed by atoms with Crippen LogP contribution >= 0.6 is 11.8 Å². The van der Waals surface area contributed by atoms with Gasteiger partial charge in [-0.1, -0.05) is 55.0 Å². The summed E-state index contributed by atoms with van der Waals surface area (Å²) in [6, 6.07) is 24.6. The summed E-state index contributed by atoms with van der Waals surface area (Å²) < 4.78 is 5.61. The smallest absolute Gasteiger partial charge is 0.266 e. The van der Waals surface area contributed by atoms with Gasteiger partial charge < -0.3 is 10.1 Å². The molecule has 7 heteroatoms. The molecular weight excluding hydrogens is 470 g/mol. The van der Waals surface area contributed by atoms with Crippen molar-refractivity contribution in [1.29, 1.82) is 0 Å². The van der Waals surface area contributed by atoms with Crippen LogP contribution in [0.25, 0.3) is 6.08 Å². The average molecular weight is 500 g/mol. The topological polar surface area (TPSA) is 71.0 Å². The Bertz CT molecular complexity index is 1270. The highest BCUT2D eigenvalue weighted by Crippen LogP contribution is 2.36. The van der Waals surface area contributed by atoms with Gasteiger partial charge in [0.2, 0.25) is 0 Å². The molecule has 3 aromatic rings. The van der Waals surface area contributed by atoms with Gasteiger partial charge in [0.05, 0.1) is 10.6 Å². The van der Waals surface area contributed by atoms with Crippen LogP contribution in [0.3, 0.4) is 0 Å². The fourth-order valence-corrected chi connectivity index (χ4v) is 4.63. The molecule has 2 amide bonds. The number of amidine groups is 1. The quantitative estimate of drug-likeness (QED) is 0.363. The van der Waals surface area contributed by atoms with Gasteiger partial charge in [-0.3, -0.25) is 14.5 Å². The summed E-state index contributed by atoms with van der Waals surface area (Å²) in [6.45, 7) is 6.04. The summed E-state index contributed by atoms with van der Waals surface area (Å²) in [5.41, 5.74) is 3.58. The van der Waals surface area contributed by atoms with Crippen LogP contribution in [0.15, 0.2) is 88.8 Å². The summed E-state index contributed by atoms with van der Waals surface area (Å²) in [5, 5.41) is 3.48. The number of nitrogens with one attached hydrogen (secondary N) is 1. The lowest BCUT2D eigenvalue weighted by molar-refractivity contribution is -0.123. The van der Waals surface area contributed by atoms with Crippen LogP contribution in [0.4, 0.5) is 11.4 Å². The molecule has 1 aliphatic rings. The van der Waals surface area contributed by atoms with E-state index in [0.29, 0.717) is 15.8 Å². The van der Waals surface area contributed by atoms with E-state index >= 15 is 0 Å². The number of amides is 2. The molecule has 0 spiro atoms. The second-order valence-corrected chi connectivity index (χ2v) is 9.55. The normalized spacial score (nSPS) is 16.4. The van der Waals surface area contributed by atoms with E-state index in [9.17, 15) is 9.59 Å². The van der Waals surface area contributed by atoms with Crippen molar-refractivity contribution in [3.63, 3.8) is 0 Å². The molecule has 1 heterocycles. The lowest BCUT2D eigenvalue weighted by atomic mass is 10.2. The van der Waals surface area contributed by atoms with Crippen LogP contribution in [0, 0.1) is 6.92 Å². The lowest BCUT2D eigenvalue weighted by Crippen LogP contribution is -2.36. The van der Waals surface area contributed by atoms with Crippen LogP contribution in [-0.2, 0) is 9.59 Å². The van der Waals surface area contributed by atoms with Crippen molar-refractivity contribution >= 4 is 46.2 Å². The molecule has 0 aromatic heterocycles. The van der Waals surface area contributed by atoms with E-state index in [-0.39, 0.29) is 24.5 Å². The second kappa shape index (κ2) is 11.7. The van der Waals surface area contributed by atoms with E-state index in [4.69, 9.17) is 9.73 Å². The van der Waals surface area contributed by atoms with E-state index in [1.165, 1.54) is 11.8 Å². The maximum Gasteiger partial charge on any atom is 0.266 e. The number of para-hydroxylation sites is 1. The molecular formula is C29H29N3O3S. The first-order valence-electron chi connectivity index (χ1n) is 11.9. The Morgan fingerprint density at radius 1 is 1.06 bits per heavy atom. The van der Waals surface area contributed by atoms with Gasteiger partial charge in [-0.2, -0.15) is 0 Å². The van der Waals surface area contributed by atoms with E-state index in [1.54, 1.807) is 17.0 Å². The average Bonchev–Trinajstić information content (AvgIpc) is 3.19. The molecule has 3 aromatic carbocycles. The Morgan fingerprint density at radius 3 is 2.42 bits per heavy atom. The summed E-state index contributed by atoms with van der Waals surface area (Å²) >= 11 is 1.39. The number of hydrogen-bond donors (Lipinski definition) is 1. The van der Waals surface area contributed by atoms with Crippen molar-refractivity contribution < 1.29 is 14.3 Å². The van der Waals surface area contributed by atoms with Gasteiger partial charge in [0.15, 0.2) is 11.8 Å². The first kappa shape index (κ1) is 25.3. The number of aryl methyl sites for hydroxylation is 1. The minimum atomic E-state index is -0.231.